The maximum atomic E-state index is 14.1. The van der Waals surface area contributed by atoms with E-state index < -0.39 is 56.4 Å². The third-order valence-corrected chi connectivity index (χ3v) is 5.05. The van der Waals surface area contributed by atoms with Crippen molar-refractivity contribution in [2.45, 2.75) is 31.7 Å². The monoisotopic (exact) mass is 386 g/mol. The normalized spacial score (nSPS) is 11.9. The number of amides is 1. The number of nitrogens with one attached hydrogen (secondary N) is 1. The van der Waals surface area contributed by atoms with Crippen LogP contribution in [0, 0.1) is 23.3 Å². The molecule has 0 saturated heterocycles. The first-order chi connectivity index (χ1) is 11.5. The van der Waals surface area contributed by atoms with E-state index in [1.807, 2.05) is 0 Å². The molecule has 1 aromatic rings. The summed E-state index contributed by atoms with van der Waals surface area (Å²) in [5, 5.41) is 2.40. The van der Waals surface area contributed by atoms with Crippen molar-refractivity contribution < 1.29 is 35.5 Å². The molecule has 0 aliphatic rings. The van der Waals surface area contributed by atoms with Gasteiger partial charge in [0.25, 0.3) is 0 Å². The Hall–Kier alpha value is -1.88. The van der Waals surface area contributed by atoms with Crippen LogP contribution in [0.15, 0.2) is 4.90 Å². The summed E-state index contributed by atoms with van der Waals surface area (Å²) < 4.78 is 85.1. The zero-order valence-corrected chi connectivity index (χ0v) is 14.8. The molecule has 1 rings (SSSR count). The fourth-order valence-electron chi connectivity index (χ4n) is 2.02. The predicted molar refractivity (Wildman–Crippen MR) is 80.5 cm³/mol. The summed E-state index contributed by atoms with van der Waals surface area (Å²) in [7, 11) is -4.26. The van der Waals surface area contributed by atoms with Gasteiger partial charge >= 0.3 is 0 Å². The topological polar surface area (TPSA) is 75.7 Å². The van der Waals surface area contributed by atoms with Crippen molar-refractivity contribution in [2.24, 2.45) is 0 Å². The van der Waals surface area contributed by atoms with Crippen LogP contribution in [0.2, 0.25) is 0 Å². The molecule has 0 aliphatic heterocycles. The van der Waals surface area contributed by atoms with Gasteiger partial charge < -0.3 is 10.1 Å². The van der Waals surface area contributed by atoms with E-state index in [-0.39, 0.29) is 12.6 Å². The number of likely N-dealkylation sites (N-methyl/N-ethyl adjacent to an activating group) is 1. The fourth-order valence-corrected chi connectivity index (χ4v) is 3.54. The van der Waals surface area contributed by atoms with Gasteiger partial charge in [0.05, 0.1) is 13.7 Å². The van der Waals surface area contributed by atoms with E-state index in [1.54, 1.807) is 13.8 Å². The molecule has 0 heterocycles. The average Bonchev–Trinajstić information content (AvgIpc) is 2.50. The number of halogens is 4. The largest absolute Gasteiger partial charge is 0.491 e. The Morgan fingerprint density at radius 1 is 1.12 bits per heavy atom. The van der Waals surface area contributed by atoms with Gasteiger partial charge in [-0.05, 0) is 13.8 Å². The zero-order valence-electron chi connectivity index (χ0n) is 14.0. The second kappa shape index (κ2) is 8.00. The molecule has 142 valence electrons. The third-order valence-electron chi connectivity index (χ3n) is 3.11. The number of sulfonamides is 1. The van der Waals surface area contributed by atoms with Crippen LogP contribution >= 0.6 is 0 Å². The molecule has 0 atom stereocenters. The van der Waals surface area contributed by atoms with Crippen molar-refractivity contribution in [1.29, 1.82) is 0 Å². The number of carbonyl (C=O) groups is 1. The van der Waals surface area contributed by atoms with Crippen LogP contribution in [-0.2, 0) is 14.8 Å². The van der Waals surface area contributed by atoms with Crippen molar-refractivity contribution >= 4 is 15.9 Å². The van der Waals surface area contributed by atoms with Crippen molar-refractivity contribution in [1.82, 2.24) is 9.62 Å². The van der Waals surface area contributed by atoms with Gasteiger partial charge in [0.1, 0.15) is 0 Å². The zero-order chi connectivity index (χ0) is 19.5. The van der Waals surface area contributed by atoms with Crippen LogP contribution < -0.4 is 10.1 Å². The first-order valence-corrected chi connectivity index (χ1v) is 8.62. The van der Waals surface area contributed by atoms with E-state index in [9.17, 15) is 30.8 Å². The highest BCUT2D eigenvalue weighted by Gasteiger charge is 2.37. The molecule has 1 N–H and O–H groups in total. The molecule has 6 nitrogen and oxygen atoms in total. The maximum absolute atomic E-state index is 14.1. The van der Waals surface area contributed by atoms with E-state index >= 15 is 0 Å². The van der Waals surface area contributed by atoms with Gasteiger partial charge in [0, 0.05) is 12.6 Å². The number of rotatable bonds is 7. The van der Waals surface area contributed by atoms with Gasteiger partial charge in [-0.15, -0.1) is 0 Å². The summed E-state index contributed by atoms with van der Waals surface area (Å²) in [5.41, 5.74) is 0. The Labute approximate surface area is 142 Å². The quantitative estimate of drug-likeness (QED) is 0.573. The first-order valence-electron chi connectivity index (χ1n) is 7.18. The van der Waals surface area contributed by atoms with Gasteiger partial charge in [0.15, 0.2) is 22.3 Å². The maximum Gasteiger partial charge on any atom is 0.249 e. The third kappa shape index (κ3) is 4.21. The molecule has 0 aromatic heterocycles. The van der Waals surface area contributed by atoms with Crippen molar-refractivity contribution in [3.63, 3.8) is 0 Å². The minimum Gasteiger partial charge on any atom is -0.491 e. The number of benzene rings is 1. The predicted octanol–water partition coefficient (Wildman–Crippen LogP) is 1.79. The van der Waals surface area contributed by atoms with Gasteiger partial charge in [-0.25, -0.2) is 17.2 Å². The number of hydrogen-bond donors (Lipinski definition) is 1. The second-order valence-corrected chi connectivity index (χ2v) is 7.15. The molecule has 11 heteroatoms. The van der Waals surface area contributed by atoms with Crippen molar-refractivity contribution in [3.8, 4) is 5.75 Å². The summed E-state index contributed by atoms with van der Waals surface area (Å²) in [4.78, 5) is 9.91. The Kier molecular flexibility index (Phi) is 6.77. The Bertz CT molecular complexity index is 740. The molecule has 0 spiro atoms. The van der Waals surface area contributed by atoms with Crippen molar-refractivity contribution in [2.75, 3.05) is 20.2 Å². The molecule has 25 heavy (non-hydrogen) atoms. The Morgan fingerprint density at radius 3 is 1.96 bits per heavy atom. The number of nitrogens with zero attached hydrogens (tertiary/aromatic N) is 1. The second-order valence-electron chi connectivity index (χ2n) is 5.27. The van der Waals surface area contributed by atoms with E-state index in [2.05, 4.69) is 10.1 Å². The minimum absolute atomic E-state index is 0.307. The summed E-state index contributed by atoms with van der Waals surface area (Å²) in [6.45, 7) is 3.41. The molecule has 0 unspecified atom stereocenters. The molecule has 1 amide bonds. The lowest BCUT2D eigenvalue weighted by Crippen LogP contribution is -2.43. The summed E-state index contributed by atoms with van der Waals surface area (Å²) >= 11 is 0. The summed E-state index contributed by atoms with van der Waals surface area (Å²) in [6, 6.07) is -0.307. The van der Waals surface area contributed by atoms with Gasteiger partial charge in [-0.2, -0.15) is 13.1 Å². The molecule has 1 aromatic carbocycles. The highest BCUT2D eigenvalue weighted by atomic mass is 32.2. The lowest BCUT2D eigenvalue weighted by molar-refractivity contribution is -0.121. The Balaban J connectivity index is 3.44. The van der Waals surface area contributed by atoms with Crippen molar-refractivity contribution in [3.05, 3.63) is 23.3 Å². The van der Waals surface area contributed by atoms with Gasteiger partial charge in [-0.1, -0.05) is 6.92 Å². The summed E-state index contributed by atoms with van der Waals surface area (Å²) in [6.07, 6.45) is 0. The molecule has 0 bridgehead atoms. The highest BCUT2D eigenvalue weighted by molar-refractivity contribution is 7.89. The molecule has 0 radical (unpaired) electrons. The number of hydrogen-bond acceptors (Lipinski definition) is 4. The van der Waals surface area contributed by atoms with Crippen LogP contribution in [0.1, 0.15) is 20.8 Å². The van der Waals surface area contributed by atoms with Gasteiger partial charge in [-0.3, -0.25) is 4.79 Å². The smallest absolute Gasteiger partial charge is 0.249 e. The lowest BCUT2D eigenvalue weighted by atomic mass is 10.3. The van der Waals surface area contributed by atoms with Crippen LogP contribution in [0.25, 0.3) is 0 Å². The SMILES string of the molecule is CCN(CC(=O)NC(C)C)S(=O)(=O)c1c(F)c(F)c(OC)c(F)c1F. The molecule has 0 aliphatic carbocycles. The van der Waals surface area contributed by atoms with E-state index in [0.29, 0.717) is 4.31 Å². The lowest BCUT2D eigenvalue weighted by Gasteiger charge is -2.22. The van der Waals surface area contributed by atoms with Crippen LogP contribution in [0.5, 0.6) is 5.75 Å². The molecule has 0 saturated carbocycles. The number of ether oxygens (including phenoxy) is 1. The van der Waals surface area contributed by atoms with Crippen LogP contribution in [-0.4, -0.2) is 44.9 Å². The van der Waals surface area contributed by atoms with Crippen LogP contribution in [0.3, 0.4) is 0 Å². The summed E-state index contributed by atoms with van der Waals surface area (Å²) in [5.74, 6) is -10.3. The first kappa shape index (κ1) is 21.2. The number of carbonyl (C=O) groups excluding carboxylic acids is 1. The van der Waals surface area contributed by atoms with E-state index in [4.69, 9.17) is 0 Å². The minimum atomic E-state index is -5.03. The average molecular weight is 386 g/mol. The Morgan fingerprint density at radius 2 is 1.60 bits per heavy atom. The highest BCUT2D eigenvalue weighted by Crippen LogP contribution is 2.33. The number of methoxy groups -OCH3 is 1. The van der Waals surface area contributed by atoms with Crippen LogP contribution in [0.4, 0.5) is 17.6 Å². The molecular weight excluding hydrogens is 368 g/mol. The molecular formula is C14H18F4N2O4S. The molecule has 0 fully saturated rings. The van der Waals surface area contributed by atoms with E-state index in [0.717, 1.165) is 7.11 Å². The van der Waals surface area contributed by atoms with E-state index in [1.165, 1.54) is 6.92 Å². The fraction of sp³-hybridized carbons (Fsp3) is 0.500. The standard InChI is InChI=1S/C14H18F4N2O4S/c1-5-20(6-8(21)19-7(2)3)25(22,23)14-11(17)9(15)13(24-4)10(16)12(14)18/h7H,5-6H2,1-4H3,(H,19,21). The van der Waals surface area contributed by atoms with Gasteiger partial charge in [0.2, 0.25) is 27.6 Å².